The van der Waals surface area contributed by atoms with Crippen LogP contribution >= 0.6 is 35.0 Å². The van der Waals surface area contributed by atoms with Gasteiger partial charge in [-0.25, -0.2) is 0 Å². The Hall–Kier alpha value is -2.15. The number of methoxy groups -OCH3 is 1. The predicted octanol–water partition coefficient (Wildman–Crippen LogP) is 5.64. The van der Waals surface area contributed by atoms with Crippen LogP contribution in [0, 0.1) is 0 Å². The average Bonchev–Trinajstić information content (AvgIpc) is 2.94. The van der Waals surface area contributed by atoms with Gasteiger partial charge in [0, 0.05) is 22.2 Å². The van der Waals surface area contributed by atoms with E-state index in [1.54, 1.807) is 49.4 Å². The molecule has 28 heavy (non-hydrogen) atoms. The number of amides is 2. The van der Waals surface area contributed by atoms with Crippen molar-refractivity contribution in [2.45, 2.75) is 13.5 Å². The molecule has 2 aromatic carbocycles. The molecule has 1 heterocycles. The first-order chi connectivity index (χ1) is 13.4. The highest BCUT2D eigenvalue weighted by molar-refractivity contribution is 8.18. The lowest BCUT2D eigenvalue weighted by Gasteiger charge is -2.12. The minimum Gasteiger partial charge on any atom is -0.493 e. The summed E-state index contributed by atoms with van der Waals surface area (Å²) in [5, 5.41) is 0.823. The molecule has 8 heteroatoms. The monoisotopic (exact) mass is 437 g/mol. The molecule has 1 saturated heterocycles. The fourth-order valence-electron chi connectivity index (χ4n) is 2.61. The summed E-state index contributed by atoms with van der Waals surface area (Å²) >= 11 is 13.0. The van der Waals surface area contributed by atoms with Crippen LogP contribution in [-0.2, 0) is 11.4 Å². The van der Waals surface area contributed by atoms with Gasteiger partial charge in [0.15, 0.2) is 11.5 Å². The Morgan fingerprint density at radius 3 is 2.54 bits per heavy atom. The van der Waals surface area contributed by atoms with E-state index in [1.165, 1.54) is 12.0 Å². The molecule has 3 rings (SSSR count). The summed E-state index contributed by atoms with van der Waals surface area (Å²) in [7, 11) is 1.53. The predicted molar refractivity (Wildman–Crippen MR) is 112 cm³/mol. The zero-order valence-electron chi connectivity index (χ0n) is 15.2. The number of hydrogen-bond donors (Lipinski definition) is 0. The van der Waals surface area contributed by atoms with Crippen LogP contribution in [-0.4, -0.2) is 29.7 Å². The van der Waals surface area contributed by atoms with Crippen LogP contribution in [0.1, 0.15) is 18.1 Å². The van der Waals surface area contributed by atoms with Gasteiger partial charge < -0.3 is 9.47 Å². The van der Waals surface area contributed by atoms with Crippen molar-refractivity contribution in [2.24, 2.45) is 0 Å². The second-order valence-electron chi connectivity index (χ2n) is 5.86. The Bertz CT molecular complexity index is 961. The van der Waals surface area contributed by atoms with Crippen molar-refractivity contribution in [3.63, 3.8) is 0 Å². The number of ether oxygens (including phenoxy) is 2. The lowest BCUT2D eigenvalue weighted by molar-refractivity contribution is -0.122. The van der Waals surface area contributed by atoms with Crippen molar-refractivity contribution in [2.75, 3.05) is 13.7 Å². The topological polar surface area (TPSA) is 55.8 Å². The molecule has 1 aliphatic rings. The number of imide groups is 1. The van der Waals surface area contributed by atoms with Crippen molar-refractivity contribution in [3.05, 3.63) is 62.5 Å². The van der Waals surface area contributed by atoms with Gasteiger partial charge in [0.25, 0.3) is 11.1 Å². The number of likely N-dealkylation sites (N-methyl/N-ethyl adjacent to an activating group) is 1. The minimum atomic E-state index is -0.283. The first kappa shape index (κ1) is 20.6. The minimum absolute atomic E-state index is 0.251. The molecule has 0 spiro atoms. The van der Waals surface area contributed by atoms with E-state index in [4.69, 9.17) is 32.7 Å². The smallest absolute Gasteiger partial charge is 0.293 e. The molecule has 2 aromatic rings. The maximum absolute atomic E-state index is 12.2. The molecule has 0 atom stereocenters. The highest BCUT2D eigenvalue weighted by Gasteiger charge is 2.33. The van der Waals surface area contributed by atoms with Crippen molar-refractivity contribution < 1.29 is 19.1 Å². The van der Waals surface area contributed by atoms with Crippen LogP contribution in [0.15, 0.2) is 41.3 Å². The van der Waals surface area contributed by atoms with Crippen molar-refractivity contribution in [1.82, 2.24) is 4.90 Å². The van der Waals surface area contributed by atoms with E-state index in [9.17, 15) is 9.59 Å². The van der Waals surface area contributed by atoms with Crippen LogP contribution in [0.2, 0.25) is 10.0 Å². The van der Waals surface area contributed by atoms with E-state index >= 15 is 0 Å². The van der Waals surface area contributed by atoms with E-state index in [-0.39, 0.29) is 17.8 Å². The molecule has 0 radical (unpaired) electrons. The first-order valence-corrected chi connectivity index (χ1v) is 10.00. The summed E-state index contributed by atoms with van der Waals surface area (Å²) in [4.78, 5) is 25.6. The van der Waals surface area contributed by atoms with Crippen molar-refractivity contribution in [3.8, 4) is 11.5 Å². The number of benzene rings is 2. The maximum Gasteiger partial charge on any atom is 0.293 e. The molecule has 0 bridgehead atoms. The highest BCUT2D eigenvalue weighted by atomic mass is 35.5. The molecule has 0 N–H and O–H groups in total. The normalized spacial score (nSPS) is 15.4. The summed E-state index contributed by atoms with van der Waals surface area (Å²) in [6, 6.07) is 10.5. The molecular weight excluding hydrogens is 421 g/mol. The number of rotatable bonds is 6. The molecule has 5 nitrogen and oxygen atoms in total. The van der Waals surface area contributed by atoms with Gasteiger partial charge >= 0.3 is 0 Å². The fraction of sp³-hybridized carbons (Fsp3) is 0.200. The van der Waals surface area contributed by atoms with Crippen LogP contribution in [0.3, 0.4) is 0 Å². The Labute approximate surface area is 177 Å². The summed E-state index contributed by atoms with van der Waals surface area (Å²) in [5.74, 6) is 0.759. The first-order valence-electron chi connectivity index (χ1n) is 8.43. The lowest BCUT2D eigenvalue weighted by Crippen LogP contribution is -2.27. The number of hydrogen-bond acceptors (Lipinski definition) is 5. The maximum atomic E-state index is 12.2. The molecular formula is C20H17Cl2NO4S. The highest BCUT2D eigenvalue weighted by Crippen LogP contribution is 2.35. The van der Waals surface area contributed by atoms with Gasteiger partial charge in [-0.15, -0.1) is 0 Å². The summed E-state index contributed by atoms with van der Waals surface area (Å²) in [6.45, 7) is 2.37. The van der Waals surface area contributed by atoms with Crippen LogP contribution in [0.25, 0.3) is 6.08 Å². The number of halogens is 2. The van der Waals surface area contributed by atoms with Gasteiger partial charge in [-0.3, -0.25) is 14.5 Å². The zero-order valence-corrected chi connectivity index (χ0v) is 17.5. The molecule has 146 valence electrons. The molecule has 1 aliphatic heterocycles. The van der Waals surface area contributed by atoms with E-state index in [0.29, 0.717) is 33.0 Å². The standard InChI is InChI=1S/C20H17Cl2NO4S/c1-3-23-19(24)18(28-20(23)25)9-12-4-7-16(17(8-12)26-2)27-11-13-5-6-14(21)10-15(13)22/h4-10H,3,11H2,1-2H3/b18-9+. The quantitative estimate of drug-likeness (QED) is 0.547. The lowest BCUT2D eigenvalue weighted by atomic mass is 10.1. The second-order valence-corrected chi connectivity index (χ2v) is 7.70. The van der Waals surface area contributed by atoms with E-state index in [2.05, 4.69) is 0 Å². The third kappa shape index (κ3) is 4.46. The average molecular weight is 438 g/mol. The zero-order chi connectivity index (χ0) is 20.3. The van der Waals surface area contributed by atoms with Crippen LogP contribution in [0.4, 0.5) is 4.79 Å². The molecule has 0 saturated carbocycles. The largest absolute Gasteiger partial charge is 0.493 e. The fourth-order valence-corrected chi connectivity index (χ4v) is 3.98. The van der Waals surface area contributed by atoms with Gasteiger partial charge in [-0.2, -0.15) is 0 Å². The third-order valence-corrected chi connectivity index (χ3v) is 5.57. The number of carbonyl (C=O) groups is 2. The molecule has 0 aromatic heterocycles. The van der Waals surface area contributed by atoms with Gasteiger partial charge in [0.05, 0.1) is 12.0 Å². The summed E-state index contributed by atoms with van der Waals surface area (Å²) in [6.07, 6.45) is 1.67. The van der Waals surface area contributed by atoms with Crippen LogP contribution in [0.5, 0.6) is 11.5 Å². The van der Waals surface area contributed by atoms with Crippen molar-refractivity contribution in [1.29, 1.82) is 0 Å². The van der Waals surface area contributed by atoms with Gasteiger partial charge in [0.1, 0.15) is 6.61 Å². The van der Waals surface area contributed by atoms with E-state index in [0.717, 1.165) is 22.9 Å². The Morgan fingerprint density at radius 1 is 1.11 bits per heavy atom. The number of carbonyl (C=O) groups excluding carboxylic acids is 2. The third-order valence-electron chi connectivity index (χ3n) is 4.07. The molecule has 0 unspecified atom stereocenters. The van der Waals surface area contributed by atoms with Crippen molar-refractivity contribution >= 4 is 52.2 Å². The van der Waals surface area contributed by atoms with Crippen LogP contribution < -0.4 is 9.47 Å². The number of thioether (sulfide) groups is 1. The Morgan fingerprint density at radius 2 is 1.89 bits per heavy atom. The van der Waals surface area contributed by atoms with E-state index < -0.39 is 0 Å². The number of nitrogens with zero attached hydrogens (tertiary/aromatic N) is 1. The summed E-state index contributed by atoms with van der Waals surface area (Å²) in [5.41, 5.74) is 1.53. The molecule has 1 fully saturated rings. The Balaban J connectivity index is 1.78. The SMILES string of the molecule is CCN1C(=O)S/C(=C/c2ccc(OCc3ccc(Cl)cc3Cl)c(OC)c2)C1=O. The van der Waals surface area contributed by atoms with Gasteiger partial charge in [0.2, 0.25) is 0 Å². The van der Waals surface area contributed by atoms with E-state index in [1.807, 2.05) is 0 Å². The molecule has 0 aliphatic carbocycles. The summed E-state index contributed by atoms with van der Waals surface area (Å²) < 4.78 is 11.2. The van der Waals surface area contributed by atoms with Gasteiger partial charge in [-0.1, -0.05) is 35.3 Å². The Kier molecular flexibility index (Phi) is 6.54. The molecule has 2 amide bonds. The second kappa shape index (κ2) is 8.90. The van der Waals surface area contributed by atoms with Gasteiger partial charge in [-0.05, 0) is 54.6 Å².